The number of rotatable bonds is 6. The molecular formula is C35H34O6S. The third kappa shape index (κ3) is 5.83. The van der Waals surface area contributed by atoms with Gasteiger partial charge in [0, 0.05) is 20.2 Å². The van der Waals surface area contributed by atoms with Crippen LogP contribution in [0.5, 0.6) is 11.5 Å². The van der Waals surface area contributed by atoms with Gasteiger partial charge in [0.1, 0.15) is 17.8 Å². The van der Waals surface area contributed by atoms with Gasteiger partial charge >= 0.3 is 11.9 Å². The van der Waals surface area contributed by atoms with Crippen LogP contribution in [0.3, 0.4) is 0 Å². The summed E-state index contributed by atoms with van der Waals surface area (Å²) in [5.41, 5.74) is 2.78. The standard InChI is InChI=1S/C35H34O6S/c1-34(2,3)15-14-22(16-23(36)19-39-7)31-25-18-26-24(17-27(25)41-33(31)38)30(32(37)40-26)21-10-8-20(9-11-21)28-12-13-29(42-28)35(4,5)6/h8-19,36H,1-7H3/b15-14+,22-16+,23-19-. The summed E-state index contributed by atoms with van der Waals surface area (Å²) in [6.45, 7) is 12.7. The van der Waals surface area contributed by atoms with Gasteiger partial charge < -0.3 is 19.3 Å². The Balaban J connectivity index is 1.60. The monoisotopic (exact) mass is 582 g/mol. The number of thiophene rings is 1. The molecule has 0 spiro atoms. The Labute approximate surface area is 249 Å². The number of carbonyl (C=O) groups is 2. The molecule has 42 heavy (non-hydrogen) atoms. The van der Waals surface area contributed by atoms with Crippen LogP contribution in [0, 0.1) is 5.41 Å². The van der Waals surface area contributed by atoms with Gasteiger partial charge in [-0.25, -0.2) is 9.59 Å². The Morgan fingerprint density at radius 1 is 0.857 bits per heavy atom. The highest BCUT2D eigenvalue weighted by Gasteiger charge is 2.31. The number of carbonyl (C=O) groups excluding carboxylic acids is 2. The van der Waals surface area contributed by atoms with Crippen molar-refractivity contribution in [3.63, 3.8) is 0 Å². The molecule has 2 aliphatic heterocycles. The Morgan fingerprint density at radius 3 is 2.10 bits per heavy atom. The summed E-state index contributed by atoms with van der Waals surface area (Å²) in [7, 11) is 1.42. The van der Waals surface area contributed by atoms with E-state index in [0.29, 0.717) is 38.6 Å². The number of hydrogen-bond acceptors (Lipinski definition) is 7. The number of methoxy groups -OCH3 is 1. The molecule has 7 heteroatoms. The molecule has 0 saturated heterocycles. The number of benzene rings is 2. The number of hydrogen-bond donors (Lipinski definition) is 1. The zero-order valence-corrected chi connectivity index (χ0v) is 25.6. The van der Waals surface area contributed by atoms with E-state index in [1.165, 1.54) is 24.3 Å². The van der Waals surface area contributed by atoms with E-state index >= 15 is 0 Å². The van der Waals surface area contributed by atoms with E-state index in [4.69, 9.17) is 14.2 Å². The van der Waals surface area contributed by atoms with E-state index in [2.05, 4.69) is 32.9 Å². The van der Waals surface area contributed by atoms with Crippen molar-refractivity contribution >= 4 is 34.4 Å². The molecular weight excluding hydrogens is 548 g/mol. The molecule has 0 aliphatic carbocycles. The smallest absolute Gasteiger partial charge is 0.344 e. The maximum absolute atomic E-state index is 13.1. The van der Waals surface area contributed by atoms with E-state index in [9.17, 15) is 14.7 Å². The summed E-state index contributed by atoms with van der Waals surface area (Å²) in [5, 5.41) is 11.3. The molecule has 2 aromatic carbocycles. The summed E-state index contributed by atoms with van der Waals surface area (Å²) in [6.07, 6.45) is 6.31. The van der Waals surface area contributed by atoms with Crippen LogP contribution >= 0.6 is 11.3 Å². The zero-order chi connectivity index (χ0) is 30.4. The quantitative estimate of drug-likeness (QED) is 0.155. The van der Waals surface area contributed by atoms with E-state index in [-0.39, 0.29) is 22.2 Å². The van der Waals surface area contributed by atoms with Crippen molar-refractivity contribution in [1.29, 1.82) is 0 Å². The Bertz CT molecular complexity index is 1800. The van der Waals surface area contributed by atoms with Crippen molar-refractivity contribution in [1.82, 2.24) is 0 Å². The van der Waals surface area contributed by atoms with Crippen LogP contribution in [-0.4, -0.2) is 24.2 Å². The predicted molar refractivity (Wildman–Crippen MR) is 166 cm³/mol. The van der Waals surface area contributed by atoms with Gasteiger partial charge in [-0.1, -0.05) is 78.0 Å². The van der Waals surface area contributed by atoms with Crippen molar-refractivity contribution in [3.8, 4) is 21.9 Å². The second-order valence-corrected chi connectivity index (χ2v) is 13.5. The highest BCUT2D eigenvalue weighted by molar-refractivity contribution is 7.15. The first-order valence-electron chi connectivity index (χ1n) is 13.7. The Hall–Kier alpha value is -4.36. The Morgan fingerprint density at radius 2 is 1.48 bits per heavy atom. The summed E-state index contributed by atoms with van der Waals surface area (Å²) in [6, 6.07) is 15.5. The van der Waals surface area contributed by atoms with Gasteiger partial charge in [-0.05, 0) is 57.9 Å². The summed E-state index contributed by atoms with van der Waals surface area (Å²) in [4.78, 5) is 28.7. The molecule has 2 aliphatic rings. The molecule has 1 aromatic heterocycles. The second kappa shape index (κ2) is 10.8. The number of allylic oxidation sites excluding steroid dienone is 3. The molecule has 0 unspecified atom stereocenters. The topological polar surface area (TPSA) is 82.1 Å². The van der Waals surface area contributed by atoms with Gasteiger partial charge in [-0.15, -0.1) is 11.3 Å². The van der Waals surface area contributed by atoms with Crippen LogP contribution < -0.4 is 19.9 Å². The van der Waals surface area contributed by atoms with Gasteiger partial charge in [0.05, 0.1) is 18.3 Å². The molecule has 0 amide bonds. The van der Waals surface area contributed by atoms with Crippen molar-refractivity contribution in [3.05, 3.63) is 105 Å². The summed E-state index contributed by atoms with van der Waals surface area (Å²) >= 11 is 1.76. The van der Waals surface area contributed by atoms with Crippen LogP contribution in [-0.2, 0) is 19.7 Å². The predicted octanol–water partition coefficient (Wildman–Crippen LogP) is 6.47. The normalized spacial score (nSPS) is 15.7. The lowest BCUT2D eigenvalue weighted by Crippen LogP contribution is -2.11. The minimum atomic E-state index is -0.563. The third-order valence-electron chi connectivity index (χ3n) is 6.83. The first-order chi connectivity index (χ1) is 19.7. The summed E-state index contributed by atoms with van der Waals surface area (Å²) < 4.78 is 16.3. The van der Waals surface area contributed by atoms with Gasteiger partial charge in [0.2, 0.25) is 0 Å². The number of ether oxygens (including phenoxy) is 3. The molecule has 0 saturated carbocycles. The minimum absolute atomic E-state index is 0.0808. The molecule has 0 atom stereocenters. The first kappa shape index (κ1) is 29.1. The van der Waals surface area contributed by atoms with E-state index < -0.39 is 11.9 Å². The number of esters is 2. The number of aliphatic hydroxyl groups excluding tert-OH is 1. The van der Waals surface area contributed by atoms with Crippen LogP contribution in [0.25, 0.3) is 21.6 Å². The van der Waals surface area contributed by atoms with Crippen molar-refractivity contribution in [2.45, 2.75) is 47.0 Å². The van der Waals surface area contributed by atoms with Crippen molar-refractivity contribution in [2.75, 3.05) is 7.11 Å². The molecule has 0 radical (unpaired) electrons. The van der Waals surface area contributed by atoms with E-state index in [1.807, 2.05) is 51.1 Å². The maximum Gasteiger partial charge on any atom is 0.344 e. The molecule has 6 nitrogen and oxygen atoms in total. The SMILES string of the molecule is CO/C=C(O)/C=C(\C=C\C(C)(C)C)C1=c2cc3c(cc2OC1=O)=C(c1ccc(-c2ccc(C(C)(C)C)s2)cc1)C(=O)O3. The first-order valence-corrected chi connectivity index (χ1v) is 14.5. The lowest BCUT2D eigenvalue weighted by Gasteiger charge is -2.15. The largest absolute Gasteiger partial charge is 0.505 e. The number of aliphatic hydroxyl groups is 1. The lowest BCUT2D eigenvalue weighted by atomic mass is 9.93. The molecule has 216 valence electrons. The molecule has 5 rings (SSSR count). The fourth-order valence-corrected chi connectivity index (χ4v) is 5.81. The highest BCUT2D eigenvalue weighted by atomic mass is 32.1. The Kier molecular flexibility index (Phi) is 7.50. The van der Waals surface area contributed by atoms with Crippen molar-refractivity contribution in [2.24, 2.45) is 5.41 Å². The average molecular weight is 583 g/mol. The fraction of sp³-hybridized carbons (Fsp3) is 0.257. The van der Waals surface area contributed by atoms with Gasteiger partial charge in [-0.3, -0.25) is 0 Å². The van der Waals surface area contributed by atoms with Crippen LogP contribution in [0.15, 0.2) is 84.4 Å². The molecule has 1 N–H and O–H groups in total. The van der Waals surface area contributed by atoms with Crippen molar-refractivity contribution < 1.29 is 28.9 Å². The van der Waals surface area contributed by atoms with Crippen LogP contribution in [0.2, 0.25) is 0 Å². The third-order valence-corrected chi connectivity index (χ3v) is 8.39. The van der Waals surface area contributed by atoms with Gasteiger partial charge in [-0.2, -0.15) is 0 Å². The fourth-order valence-electron chi connectivity index (χ4n) is 4.74. The van der Waals surface area contributed by atoms with E-state index in [1.54, 1.807) is 29.5 Å². The zero-order valence-electron chi connectivity index (χ0n) is 24.8. The molecule has 3 aromatic rings. The number of fused-ring (bicyclic) bond motifs is 2. The van der Waals surface area contributed by atoms with Gasteiger partial charge in [0.25, 0.3) is 0 Å². The summed E-state index contributed by atoms with van der Waals surface area (Å²) in [5.74, 6) is -0.531. The van der Waals surface area contributed by atoms with Gasteiger partial charge in [0.15, 0.2) is 5.76 Å². The van der Waals surface area contributed by atoms with Crippen LogP contribution in [0.1, 0.15) is 52.0 Å². The van der Waals surface area contributed by atoms with E-state index in [0.717, 1.165) is 10.4 Å². The molecule has 3 heterocycles. The second-order valence-electron chi connectivity index (χ2n) is 12.4. The molecule has 0 bridgehead atoms. The minimum Gasteiger partial charge on any atom is -0.505 e. The maximum atomic E-state index is 13.1. The average Bonchev–Trinajstić information content (AvgIpc) is 3.59. The van der Waals surface area contributed by atoms with Crippen LogP contribution in [0.4, 0.5) is 0 Å². The highest BCUT2D eigenvalue weighted by Crippen LogP contribution is 2.36. The molecule has 0 fully saturated rings. The lowest BCUT2D eigenvalue weighted by molar-refractivity contribution is -0.128.